The fraction of sp³-hybridized carbons (Fsp3) is 0.634. The van der Waals surface area contributed by atoms with Crippen molar-refractivity contribution in [3.63, 3.8) is 0 Å². The number of unbranched alkanes of at least 4 members (excludes halogenated alkanes) is 32. The zero-order valence-corrected chi connectivity index (χ0v) is 57.7. The van der Waals surface area contributed by atoms with Gasteiger partial charge in [0.05, 0.1) is 5.56 Å². The van der Waals surface area contributed by atoms with E-state index in [9.17, 15) is 0 Å². The Kier molecular flexibility index (Phi) is 27.9. The lowest BCUT2D eigenvalue weighted by atomic mass is 9.75. The third kappa shape index (κ3) is 18.6. The highest BCUT2D eigenvalue weighted by Gasteiger charge is 2.39. The van der Waals surface area contributed by atoms with Crippen LogP contribution in [0.1, 0.15) is 353 Å². The molecule has 0 amide bonds. The summed E-state index contributed by atoms with van der Waals surface area (Å²) in [7, 11) is 0. The summed E-state index contributed by atoms with van der Waals surface area (Å²) in [5, 5.41) is 0.688. The standard InChI is InChI=1S/C82H115ClO8/c1-5-9-13-17-21-25-29-33-37-41-62-66-49-67-63(42-38-34-30-26-22-18-14-10-6-2)69-51-71-65(44-40-36-32-28-24-20-16-12-8-4)73-52-72-64(43-39-35-31-27-23-19-15-11-7-3)70-50-68(62)76-54-78(70)88-58-90-81(72)80(60-45-47-61(83)48-46-60)82(73)91-59-89-79(71)55-77(69)87-57-85-75(67)53-74(66)84-56-86-76/h45-55,62-65H,5-44,56-59H2,1-4H3. The number of hydrogen-bond acceptors (Lipinski definition) is 8. The van der Waals surface area contributed by atoms with Gasteiger partial charge in [0.25, 0.3) is 0 Å². The zero-order valence-electron chi connectivity index (χ0n) is 56.9. The number of ether oxygens (including phenoxy) is 8. The molecule has 4 atom stereocenters. The smallest absolute Gasteiger partial charge is 0.230 e. The van der Waals surface area contributed by atoms with E-state index in [-0.39, 0.29) is 50.8 Å². The van der Waals surface area contributed by atoms with Gasteiger partial charge < -0.3 is 37.9 Å². The first-order chi connectivity index (χ1) is 45.0. The maximum atomic E-state index is 7.20. The molecule has 4 unspecified atom stereocenters. The Balaban J connectivity index is 1.17. The molecule has 1 aliphatic carbocycles. The van der Waals surface area contributed by atoms with E-state index in [0.717, 1.165) is 108 Å². The van der Waals surface area contributed by atoms with Crippen molar-refractivity contribution in [1.29, 1.82) is 0 Å². The molecule has 0 fully saturated rings. The quantitative estimate of drug-likeness (QED) is 0.0359. The summed E-state index contributed by atoms with van der Waals surface area (Å²) in [4.78, 5) is 0. The molecule has 5 aromatic carbocycles. The van der Waals surface area contributed by atoms with Crippen LogP contribution in [0.3, 0.4) is 0 Å². The normalized spacial score (nSPS) is 17.4. The highest BCUT2D eigenvalue weighted by molar-refractivity contribution is 6.30. The summed E-state index contributed by atoms with van der Waals surface area (Å²) < 4.78 is 55.9. The molecular formula is C82H115ClO8. The van der Waals surface area contributed by atoms with E-state index in [1.54, 1.807) is 0 Å². The SMILES string of the molecule is CCCCCCCCCCCC1c2cc3c4cc2OCOc2cc5c(cc21)C(CCCCCCCCCCC)c1cc2c(c(-c6ccc(Cl)cc6)c1OCO5)OCOc1cc(c(cc1C2CCCCCCCCCCC)C3CCCCCCCCCCC)OCO4. The Morgan fingerprint density at radius 1 is 0.264 bits per heavy atom. The molecule has 498 valence electrons. The first-order valence-electron chi connectivity index (χ1n) is 37.5. The van der Waals surface area contributed by atoms with Crippen molar-refractivity contribution in [1.82, 2.24) is 0 Å². The average Bonchev–Trinajstić information content (AvgIpc) is 0.764. The van der Waals surface area contributed by atoms with Crippen molar-refractivity contribution in [2.45, 2.75) is 308 Å². The summed E-state index contributed by atoms with van der Waals surface area (Å²) in [6.45, 7) is 9.39. The molecule has 8 bridgehead atoms. The minimum atomic E-state index is -0.0718. The van der Waals surface area contributed by atoms with E-state index in [1.165, 1.54) is 250 Å². The van der Waals surface area contributed by atoms with Crippen LogP contribution >= 0.6 is 11.6 Å². The van der Waals surface area contributed by atoms with Gasteiger partial charge in [-0.25, -0.2) is 0 Å². The molecule has 0 N–H and O–H groups in total. The lowest BCUT2D eigenvalue weighted by Gasteiger charge is -2.36. The highest BCUT2D eigenvalue weighted by Crippen LogP contribution is 2.58. The number of halogens is 1. The van der Waals surface area contributed by atoms with Crippen LogP contribution in [0.4, 0.5) is 0 Å². The molecular weight excluding hydrogens is 1150 g/mol. The monoisotopic (exact) mass is 1260 g/mol. The predicted octanol–water partition coefficient (Wildman–Crippen LogP) is 25.4. The first-order valence-corrected chi connectivity index (χ1v) is 37.9. The molecule has 0 saturated heterocycles. The first kappa shape index (κ1) is 68.6. The zero-order chi connectivity index (χ0) is 62.8. The Labute approximate surface area is 555 Å². The van der Waals surface area contributed by atoms with Gasteiger partial charge >= 0.3 is 0 Å². The third-order valence-corrected chi connectivity index (χ3v) is 21.2. The second kappa shape index (κ2) is 37.0. The molecule has 8 nitrogen and oxygen atoms in total. The highest BCUT2D eigenvalue weighted by atomic mass is 35.5. The molecule has 9 heteroatoms. The Hall–Kier alpha value is -5.21. The summed E-state index contributed by atoms with van der Waals surface area (Å²) in [6.07, 6.45) is 49.3. The van der Waals surface area contributed by atoms with Gasteiger partial charge in [0.15, 0.2) is 0 Å². The van der Waals surface area contributed by atoms with Crippen LogP contribution in [0.25, 0.3) is 11.1 Å². The van der Waals surface area contributed by atoms with E-state index >= 15 is 0 Å². The average molecular weight is 1260 g/mol. The molecule has 0 radical (unpaired) electrons. The van der Waals surface area contributed by atoms with E-state index < -0.39 is 0 Å². The van der Waals surface area contributed by atoms with Gasteiger partial charge in [-0.3, -0.25) is 0 Å². The Bertz CT molecular complexity index is 2820. The van der Waals surface area contributed by atoms with Crippen molar-refractivity contribution < 1.29 is 37.9 Å². The maximum absolute atomic E-state index is 7.20. The molecule has 0 spiro atoms. The van der Waals surface area contributed by atoms with Crippen LogP contribution in [0.5, 0.6) is 46.0 Å². The van der Waals surface area contributed by atoms with Gasteiger partial charge in [-0.15, -0.1) is 0 Å². The largest absolute Gasteiger partial charge is 0.457 e. The van der Waals surface area contributed by atoms with Crippen LogP contribution in [-0.4, -0.2) is 27.2 Å². The fourth-order valence-electron chi connectivity index (χ4n) is 15.7. The molecule has 10 rings (SSSR count). The summed E-state index contributed by atoms with van der Waals surface area (Å²) in [5.41, 5.74) is 11.6. The minimum absolute atomic E-state index is 0.0176. The number of rotatable bonds is 41. The van der Waals surface area contributed by atoms with Crippen LogP contribution < -0.4 is 37.9 Å². The van der Waals surface area contributed by atoms with Gasteiger partial charge in [-0.2, -0.15) is 0 Å². The van der Waals surface area contributed by atoms with Gasteiger partial charge in [0, 0.05) is 91.4 Å². The van der Waals surface area contributed by atoms with E-state index in [0.29, 0.717) is 5.02 Å². The molecule has 0 aromatic heterocycles. The van der Waals surface area contributed by atoms with Crippen LogP contribution in [0, 0.1) is 0 Å². The third-order valence-electron chi connectivity index (χ3n) is 20.9. The predicted molar refractivity (Wildman–Crippen MR) is 375 cm³/mol. The maximum Gasteiger partial charge on any atom is 0.230 e. The van der Waals surface area contributed by atoms with Crippen molar-refractivity contribution in [2.24, 2.45) is 0 Å². The van der Waals surface area contributed by atoms with Crippen LogP contribution in [-0.2, 0) is 0 Å². The molecule has 4 heterocycles. The van der Waals surface area contributed by atoms with Gasteiger partial charge in [-0.05, 0) is 67.6 Å². The summed E-state index contributed by atoms with van der Waals surface area (Å²) in [5.74, 6) is 6.41. The molecule has 0 saturated carbocycles. The lowest BCUT2D eigenvalue weighted by molar-refractivity contribution is 0.0990. The van der Waals surface area contributed by atoms with E-state index in [2.05, 4.69) is 82.3 Å². The van der Waals surface area contributed by atoms with Crippen molar-refractivity contribution >= 4 is 11.6 Å². The van der Waals surface area contributed by atoms with Gasteiger partial charge in [0.2, 0.25) is 27.2 Å². The number of benzene rings is 5. The molecule has 5 aromatic rings. The van der Waals surface area contributed by atoms with Crippen molar-refractivity contribution in [3.8, 4) is 57.1 Å². The van der Waals surface area contributed by atoms with E-state index in [1.807, 2.05) is 12.1 Å². The molecule has 91 heavy (non-hydrogen) atoms. The Morgan fingerprint density at radius 3 is 0.747 bits per heavy atom. The Morgan fingerprint density at radius 2 is 0.484 bits per heavy atom. The van der Waals surface area contributed by atoms with Gasteiger partial charge in [0.1, 0.15) is 46.0 Å². The lowest BCUT2D eigenvalue weighted by Crippen LogP contribution is -2.23. The molecule has 4 aliphatic heterocycles. The molecule has 5 aliphatic rings. The van der Waals surface area contributed by atoms with Crippen LogP contribution in [0.2, 0.25) is 5.02 Å². The summed E-state index contributed by atoms with van der Waals surface area (Å²) in [6, 6.07) is 25.0. The topological polar surface area (TPSA) is 73.8 Å². The number of hydrogen-bond donors (Lipinski definition) is 0. The van der Waals surface area contributed by atoms with E-state index in [4.69, 9.17) is 49.5 Å². The second-order valence-electron chi connectivity index (χ2n) is 27.7. The minimum Gasteiger partial charge on any atom is -0.457 e. The second-order valence-corrected chi connectivity index (χ2v) is 28.1. The fourth-order valence-corrected chi connectivity index (χ4v) is 15.9. The van der Waals surface area contributed by atoms with Crippen molar-refractivity contribution in [2.75, 3.05) is 27.2 Å². The van der Waals surface area contributed by atoms with Crippen molar-refractivity contribution in [3.05, 3.63) is 116 Å². The van der Waals surface area contributed by atoms with Gasteiger partial charge in [-0.1, -0.05) is 283 Å². The summed E-state index contributed by atoms with van der Waals surface area (Å²) >= 11 is 6.80. The van der Waals surface area contributed by atoms with Crippen LogP contribution in [0.15, 0.2) is 66.7 Å².